The van der Waals surface area contributed by atoms with E-state index in [4.69, 9.17) is 10.5 Å². The number of ether oxygens (including phenoxy) is 1. The highest BCUT2D eigenvalue weighted by atomic mass is 16.5. The Hall–Kier alpha value is -1.40. The molecule has 0 aliphatic carbocycles. The maximum atomic E-state index is 9.61. The molecule has 6 heteroatoms. The Bertz CT molecular complexity index is 417. The van der Waals surface area contributed by atoms with Crippen LogP contribution in [-0.2, 0) is 11.3 Å². The second kappa shape index (κ2) is 6.16. The van der Waals surface area contributed by atoms with Crippen LogP contribution in [0.1, 0.15) is 25.6 Å². The van der Waals surface area contributed by atoms with Crippen LogP contribution in [0.3, 0.4) is 0 Å². The number of aromatic nitrogens is 2. The molecule has 2 heterocycles. The Morgan fingerprint density at radius 3 is 2.74 bits per heavy atom. The fraction of sp³-hybridized carbons (Fsp3) is 0.692. The molecule has 0 spiro atoms. The van der Waals surface area contributed by atoms with Gasteiger partial charge < -0.3 is 20.5 Å². The first-order chi connectivity index (χ1) is 9.10. The second-order valence-electron chi connectivity index (χ2n) is 5.07. The van der Waals surface area contributed by atoms with Crippen LogP contribution in [0.25, 0.3) is 0 Å². The molecule has 6 nitrogen and oxygen atoms in total. The van der Waals surface area contributed by atoms with Gasteiger partial charge >= 0.3 is 0 Å². The Morgan fingerprint density at radius 2 is 2.16 bits per heavy atom. The van der Waals surface area contributed by atoms with E-state index in [0.717, 1.165) is 31.7 Å². The van der Waals surface area contributed by atoms with E-state index in [1.807, 2.05) is 6.92 Å². The third-order valence-corrected chi connectivity index (χ3v) is 3.60. The summed E-state index contributed by atoms with van der Waals surface area (Å²) in [6, 6.07) is 1.79. The van der Waals surface area contributed by atoms with Crippen LogP contribution in [0.15, 0.2) is 6.07 Å². The molecule has 1 saturated heterocycles. The summed E-state index contributed by atoms with van der Waals surface area (Å²) in [6.07, 6.45) is 1.71. The summed E-state index contributed by atoms with van der Waals surface area (Å²) in [7, 11) is 1.61. The lowest BCUT2D eigenvalue weighted by Crippen LogP contribution is -2.37. The number of methoxy groups -OCH3 is 1. The van der Waals surface area contributed by atoms with Crippen molar-refractivity contribution in [1.29, 1.82) is 0 Å². The topological polar surface area (TPSA) is 84.5 Å². The largest absolute Gasteiger partial charge is 0.393 e. The molecule has 0 amide bonds. The molecule has 1 unspecified atom stereocenters. The number of piperidine rings is 1. The minimum Gasteiger partial charge on any atom is -0.393 e. The molecular formula is C13H22N4O2. The van der Waals surface area contributed by atoms with Crippen molar-refractivity contribution in [3.63, 3.8) is 0 Å². The minimum atomic E-state index is -0.235. The summed E-state index contributed by atoms with van der Waals surface area (Å²) in [5.41, 5.74) is 5.80. The van der Waals surface area contributed by atoms with Crippen molar-refractivity contribution in [1.82, 2.24) is 9.97 Å². The van der Waals surface area contributed by atoms with E-state index < -0.39 is 0 Å². The van der Waals surface area contributed by atoms with Crippen molar-refractivity contribution in [2.75, 3.05) is 30.8 Å². The highest BCUT2D eigenvalue weighted by molar-refractivity contribution is 5.47. The number of nitrogens with zero attached hydrogens (tertiary/aromatic N) is 3. The molecule has 0 aromatic carbocycles. The van der Waals surface area contributed by atoms with Crippen LogP contribution in [0, 0.1) is 5.92 Å². The molecular weight excluding hydrogens is 244 g/mol. The van der Waals surface area contributed by atoms with E-state index in [0.29, 0.717) is 24.2 Å². The van der Waals surface area contributed by atoms with Gasteiger partial charge in [-0.15, -0.1) is 0 Å². The minimum absolute atomic E-state index is 0.235. The SMILES string of the molecule is COCc1nc(N)cc(N2CCC(C(C)O)CC2)n1. The number of aliphatic hydroxyl groups excluding tert-OH is 1. The number of nitrogens with two attached hydrogens (primary N) is 1. The number of rotatable bonds is 4. The third kappa shape index (κ3) is 3.54. The van der Waals surface area contributed by atoms with Crippen molar-refractivity contribution in [3.05, 3.63) is 11.9 Å². The number of hydrogen-bond acceptors (Lipinski definition) is 6. The van der Waals surface area contributed by atoms with Gasteiger partial charge in [-0.05, 0) is 25.7 Å². The molecule has 0 bridgehead atoms. The summed E-state index contributed by atoms with van der Waals surface area (Å²) >= 11 is 0. The van der Waals surface area contributed by atoms with Crippen molar-refractivity contribution >= 4 is 11.6 Å². The Kier molecular flexibility index (Phi) is 4.55. The van der Waals surface area contributed by atoms with Crippen molar-refractivity contribution in [3.8, 4) is 0 Å². The molecule has 1 atom stereocenters. The predicted octanol–water partition coefficient (Wildman–Crippen LogP) is 0.802. The number of anilines is 2. The van der Waals surface area contributed by atoms with Gasteiger partial charge in [-0.3, -0.25) is 0 Å². The Labute approximate surface area is 113 Å². The zero-order valence-electron chi connectivity index (χ0n) is 11.5. The predicted molar refractivity (Wildman–Crippen MR) is 73.8 cm³/mol. The smallest absolute Gasteiger partial charge is 0.158 e. The van der Waals surface area contributed by atoms with Gasteiger partial charge in [0.1, 0.15) is 18.2 Å². The van der Waals surface area contributed by atoms with E-state index in [2.05, 4.69) is 14.9 Å². The number of aliphatic hydroxyl groups is 1. The average molecular weight is 266 g/mol. The number of nitrogen functional groups attached to an aromatic ring is 1. The van der Waals surface area contributed by atoms with Crippen LogP contribution in [0.2, 0.25) is 0 Å². The maximum absolute atomic E-state index is 9.61. The lowest BCUT2D eigenvalue weighted by molar-refractivity contribution is 0.109. The first-order valence-electron chi connectivity index (χ1n) is 6.65. The van der Waals surface area contributed by atoms with Crippen molar-refractivity contribution < 1.29 is 9.84 Å². The molecule has 0 radical (unpaired) electrons. The van der Waals surface area contributed by atoms with Gasteiger partial charge in [-0.2, -0.15) is 0 Å². The van der Waals surface area contributed by atoms with Gasteiger partial charge in [0.15, 0.2) is 5.82 Å². The molecule has 0 saturated carbocycles. The molecule has 19 heavy (non-hydrogen) atoms. The van der Waals surface area contributed by atoms with Gasteiger partial charge in [0.25, 0.3) is 0 Å². The van der Waals surface area contributed by atoms with Gasteiger partial charge in [-0.25, -0.2) is 9.97 Å². The second-order valence-corrected chi connectivity index (χ2v) is 5.07. The summed E-state index contributed by atoms with van der Waals surface area (Å²) in [4.78, 5) is 10.8. The van der Waals surface area contributed by atoms with Gasteiger partial charge in [0, 0.05) is 26.3 Å². The summed E-state index contributed by atoms with van der Waals surface area (Å²) in [5, 5.41) is 9.61. The van der Waals surface area contributed by atoms with Crippen LogP contribution in [0.4, 0.5) is 11.6 Å². The van der Waals surface area contributed by atoms with Crippen LogP contribution in [-0.4, -0.2) is 41.4 Å². The molecule has 106 valence electrons. The quantitative estimate of drug-likeness (QED) is 0.838. The summed E-state index contributed by atoms with van der Waals surface area (Å²) in [5.74, 6) is 2.31. The maximum Gasteiger partial charge on any atom is 0.158 e. The highest BCUT2D eigenvalue weighted by Crippen LogP contribution is 2.24. The standard InChI is InChI=1S/C13H22N4O2/c1-9(18)10-3-5-17(6-4-10)13-7-11(14)15-12(16-13)8-19-2/h7,9-10,18H,3-6,8H2,1-2H3,(H2,14,15,16). The summed E-state index contributed by atoms with van der Waals surface area (Å²) < 4.78 is 5.04. The zero-order chi connectivity index (χ0) is 13.8. The average Bonchev–Trinajstić information content (AvgIpc) is 2.38. The van der Waals surface area contributed by atoms with Crippen LogP contribution >= 0.6 is 0 Å². The van der Waals surface area contributed by atoms with E-state index in [-0.39, 0.29) is 6.10 Å². The molecule has 1 aliphatic heterocycles. The van der Waals surface area contributed by atoms with Gasteiger partial charge in [0.05, 0.1) is 6.10 Å². The van der Waals surface area contributed by atoms with E-state index in [1.165, 1.54) is 0 Å². The number of hydrogen-bond donors (Lipinski definition) is 2. The molecule has 2 rings (SSSR count). The monoisotopic (exact) mass is 266 g/mol. The molecule has 1 aromatic heterocycles. The van der Waals surface area contributed by atoms with Crippen LogP contribution < -0.4 is 10.6 Å². The zero-order valence-corrected chi connectivity index (χ0v) is 11.5. The van der Waals surface area contributed by atoms with E-state index in [9.17, 15) is 5.11 Å². The van der Waals surface area contributed by atoms with Crippen molar-refractivity contribution in [2.24, 2.45) is 5.92 Å². The van der Waals surface area contributed by atoms with Crippen LogP contribution in [0.5, 0.6) is 0 Å². The van der Waals surface area contributed by atoms with Crippen molar-refractivity contribution in [2.45, 2.75) is 32.5 Å². The Morgan fingerprint density at radius 1 is 1.47 bits per heavy atom. The molecule has 1 aromatic rings. The molecule has 3 N–H and O–H groups in total. The Balaban J connectivity index is 2.06. The fourth-order valence-electron chi connectivity index (χ4n) is 2.47. The van der Waals surface area contributed by atoms with Gasteiger partial charge in [0.2, 0.25) is 0 Å². The first-order valence-corrected chi connectivity index (χ1v) is 6.65. The third-order valence-electron chi connectivity index (χ3n) is 3.60. The van der Waals surface area contributed by atoms with E-state index in [1.54, 1.807) is 13.2 Å². The lowest BCUT2D eigenvalue weighted by Gasteiger charge is -2.34. The first kappa shape index (κ1) is 14.0. The highest BCUT2D eigenvalue weighted by Gasteiger charge is 2.23. The van der Waals surface area contributed by atoms with E-state index >= 15 is 0 Å². The van der Waals surface area contributed by atoms with Gasteiger partial charge in [-0.1, -0.05) is 0 Å². The normalized spacial score (nSPS) is 18.6. The lowest BCUT2D eigenvalue weighted by atomic mass is 9.92. The molecule has 1 aliphatic rings. The fourth-order valence-corrected chi connectivity index (χ4v) is 2.47. The molecule has 1 fully saturated rings. The summed E-state index contributed by atoms with van der Waals surface area (Å²) in [6.45, 7) is 4.00.